The standard InChI is InChI=1S/C12H10F3N2O2/c13-9-4-2-1-3-8(9)10(11(17)18)12(14,15)7-19-6-5-16/h1-4H,6-7H2,(H2,17,18). The molecule has 0 unspecified atom stereocenters. The Labute approximate surface area is 107 Å². The number of ether oxygens (including phenoxy) is 1. The Kier molecular flexibility index (Phi) is 4.89. The summed E-state index contributed by atoms with van der Waals surface area (Å²) < 4.78 is 45.4. The van der Waals surface area contributed by atoms with E-state index in [1.165, 1.54) is 18.2 Å². The number of nitrogens with zero attached hydrogens (tertiary/aromatic N) is 1. The zero-order valence-corrected chi connectivity index (χ0v) is 9.70. The monoisotopic (exact) mass is 271 g/mol. The average Bonchev–Trinajstić information content (AvgIpc) is 2.31. The molecule has 0 heterocycles. The van der Waals surface area contributed by atoms with Gasteiger partial charge in [-0.15, -0.1) is 0 Å². The molecule has 2 N–H and O–H groups in total. The van der Waals surface area contributed by atoms with Crippen LogP contribution in [0.3, 0.4) is 0 Å². The Balaban J connectivity index is 3.05. The van der Waals surface area contributed by atoms with Crippen LogP contribution in [0, 0.1) is 23.1 Å². The second kappa shape index (κ2) is 6.20. The van der Waals surface area contributed by atoms with Gasteiger partial charge in [-0.2, -0.15) is 5.26 Å². The molecule has 0 aliphatic rings. The molecule has 1 aromatic carbocycles. The molecule has 0 spiro atoms. The molecule has 1 radical (unpaired) electrons. The highest BCUT2D eigenvalue weighted by Gasteiger charge is 2.47. The lowest BCUT2D eigenvalue weighted by Gasteiger charge is -2.23. The van der Waals surface area contributed by atoms with E-state index in [0.29, 0.717) is 0 Å². The van der Waals surface area contributed by atoms with E-state index in [2.05, 4.69) is 4.74 Å². The maximum atomic E-state index is 13.8. The van der Waals surface area contributed by atoms with Gasteiger partial charge in [0, 0.05) is 5.56 Å². The van der Waals surface area contributed by atoms with Crippen LogP contribution in [0.5, 0.6) is 0 Å². The maximum Gasteiger partial charge on any atom is 0.290 e. The summed E-state index contributed by atoms with van der Waals surface area (Å²) in [5, 5.41) is 8.19. The smallest absolute Gasteiger partial charge is 0.290 e. The van der Waals surface area contributed by atoms with Crippen molar-refractivity contribution in [2.75, 3.05) is 13.2 Å². The van der Waals surface area contributed by atoms with Crippen LogP contribution >= 0.6 is 0 Å². The van der Waals surface area contributed by atoms with Crippen LogP contribution in [-0.4, -0.2) is 25.0 Å². The van der Waals surface area contributed by atoms with E-state index in [0.717, 1.165) is 12.1 Å². The van der Waals surface area contributed by atoms with E-state index >= 15 is 0 Å². The number of amides is 1. The fourth-order valence-electron chi connectivity index (χ4n) is 1.47. The minimum Gasteiger partial charge on any atom is -0.369 e. The van der Waals surface area contributed by atoms with Crippen molar-refractivity contribution < 1.29 is 22.7 Å². The molecule has 0 aliphatic carbocycles. The number of primary amides is 1. The number of nitrogens with two attached hydrogens (primary N) is 1. The van der Waals surface area contributed by atoms with Crippen LogP contribution in [0.25, 0.3) is 0 Å². The summed E-state index contributed by atoms with van der Waals surface area (Å²) in [5.41, 5.74) is 4.30. The van der Waals surface area contributed by atoms with Gasteiger partial charge in [0.05, 0.1) is 6.07 Å². The van der Waals surface area contributed by atoms with E-state index in [4.69, 9.17) is 11.0 Å². The minimum atomic E-state index is -3.79. The van der Waals surface area contributed by atoms with Gasteiger partial charge in [-0.1, -0.05) is 18.2 Å². The molecule has 101 valence electrons. The fourth-order valence-corrected chi connectivity index (χ4v) is 1.47. The molecule has 4 nitrogen and oxygen atoms in total. The number of nitriles is 1. The van der Waals surface area contributed by atoms with Crippen molar-refractivity contribution in [2.45, 2.75) is 5.92 Å². The highest BCUT2D eigenvalue weighted by Crippen LogP contribution is 2.34. The first kappa shape index (κ1) is 15.0. The number of alkyl halides is 2. The minimum absolute atomic E-state index is 0.571. The molecule has 1 amide bonds. The summed E-state index contributed by atoms with van der Waals surface area (Å²) in [6.07, 6.45) is 0. The third-order valence-electron chi connectivity index (χ3n) is 2.21. The number of hydrogen-bond acceptors (Lipinski definition) is 3. The highest BCUT2D eigenvalue weighted by atomic mass is 19.3. The zero-order valence-electron chi connectivity index (χ0n) is 9.70. The molecule has 1 rings (SSSR count). The van der Waals surface area contributed by atoms with E-state index in [-0.39, 0.29) is 0 Å². The van der Waals surface area contributed by atoms with E-state index < -0.39 is 42.3 Å². The van der Waals surface area contributed by atoms with E-state index in [9.17, 15) is 18.0 Å². The SMILES string of the molecule is N#CCOCC(F)(F)[C](C(N)=O)c1ccccc1F. The van der Waals surface area contributed by atoms with Crippen molar-refractivity contribution in [2.24, 2.45) is 5.73 Å². The van der Waals surface area contributed by atoms with Crippen LogP contribution in [0.1, 0.15) is 5.56 Å². The van der Waals surface area contributed by atoms with Gasteiger partial charge in [-0.05, 0) is 6.07 Å². The van der Waals surface area contributed by atoms with Crippen LogP contribution in [0.15, 0.2) is 24.3 Å². The number of rotatable bonds is 6. The molecule has 19 heavy (non-hydrogen) atoms. The topological polar surface area (TPSA) is 76.1 Å². The molecule has 0 aromatic heterocycles. The molecule has 0 atom stereocenters. The third kappa shape index (κ3) is 3.69. The van der Waals surface area contributed by atoms with Gasteiger partial charge in [-0.3, -0.25) is 4.79 Å². The lowest BCUT2D eigenvalue weighted by atomic mass is 9.91. The molecule has 0 saturated carbocycles. The van der Waals surface area contributed by atoms with Crippen molar-refractivity contribution in [1.82, 2.24) is 0 Å². The third-order valence-corrected chi connectivity index (χ3v) is 2.21. The summed E-state index contributed by atoms with van der Waals surface area (Å²) in [4.78, 5) is 11.1. The number of hydrogen-bond donors (Lipinski definition) is 1. The molecule has 1 aromatic rings. The van der Waals surface area contributed by atoms with Crippen molar-refractivity contribution in [3.8, 4) is 6.07 Å². The Morgan fingerprint density at radius 3 is 2.58 bits per heavy atom. The maximum absolute atomic E-state index is 13.8. The molecular weight excluding hydrogens is 261 g/mol. The second-order valence-electron chi connectivity index (χ2n) is 3.57. The van der Waals surface area contributed by atoms with Gasteiger partial charge in [0.2, 0.25) is 5.91 Å². The summed E-state index contributed by atoms with van der Waals surface area (Å²) in [6.45, 7) is -1.80. The van der Waals surface area contributed by atoms with Gasteiger partial charge in [0.25, 0.3) is 5.92 Å². The van der Waals surface area contributed by atoms with E-state index in [1.54, 1.807) is 0 Å². The predicted octanol–water partition coefficient (Wildman–Crippen LogP) is 1.41. The van der Waals surface area contributed by atoms with Crippen molar-refractivity contribution in [3.63, 3.8) is 0 Å². The number of carbonyl (C=O) groups excluding carboxylic acids is 1. The van der Waals surface area contributed by atoms with Gasteiger partial charge in [0.15, 0.2) is 5.92 Å². The first-order valence-electron chi connectivity index (χ1n) is 5.15. The van der Waals surface area contributed by atoms with Crippen molar-refractivity contribution in [3.05, 3.63) is 41.6 Å². The summed E-state index contributed by atoms with van der Waals surface area (Å²) in [7, 11) is 0. The highest BCUT2D eigenvalue weighted by molar-refractivity contribution is 5.94. The zero-order chi connectivity index (χ0) is 14.5. The van der Waals surface area contributed by atoms with Gasteiger partial charge >= 0.3 is 0 Å². The fraction of sp³-hybridized carbons (Fsp3) is 0.250. The van der Waals surface area contributed by atoms with Gasteiger partial charge < -0.3 is 10.5 Å². The molecule has 0 bridgehead atoms. The van der Waals surface area contributed by atoms with Gasteiger partial charge in [0.1, 0.15) is 19.0 Å². The average molecular weight is 271 g/mol. The quantitative estimate of drug-likeness (QED) is 0.795. The summed E-state index contributed by atoms with van der Waals surface area (Å²) in [5.74, 6) is -7.40. The lowest BCUT2D eigenvalue weighted by Crippen LogP contribution is -2.41. The predicted molar refractivity (Wildman–Crippen MR) is 59.3 cm³/mol. The number of benzene rings is 1. The molecule has 7 heteroatoms. The Bertz CT molecular complexity index is 500. The second-order valence-corrected chi connectivity index (χ2v) is 3.57. The van der Waals surface area contributed by atoms with Crippen molar-refractivity contribution >= 4 is 5.91 Å². The van der Waals surface area contributed by atoms with Crippen LogP contribution in [0.4, 0.5) is 13.2 Å². The van der Waals surface area contributed by atoms with E-state index in [1.807, 2.05) is 0 Å². The van der Waals surface area contributed by atoms with Crippen molar-refractivity contribution in [1.29, 1.82) is 5.26 Å². The molecule has 0 aliphatic heterocycles. The normalized spacial score (nSPS) is 11.3. The molecule has 0 saturated heterocycles. The first-order valence-corrected chi connectivity index (χ1v) is 5.15. The van der Waals surface area contributed by atoms with Crippen LogP contribution in [-0.2, 0) is 9.53 Å². The number of halogens is 3. The van der Waals surface area contributed by atoms with Gasteiger partial charge in [-0.25, -0.2) is 13.2 Å². The Morgan fingerprint density at radius 1 is 1.42 bits per heavy atom. The molecular formula is C12H10F3N2O2. The summed E-state index contributed by atoms with van der Waals surface area (Å²) in [6, 6.07) is 6.05. The van der Waals surface area contributed by atoms with Crippen LogP contribution < -0.4 is 5.73 Å². The first-order chi connectivity index (χ1) is 8.90. The number of carbonyl (C=O) groups is 1. The Hall–Kier alpha value is -2.07. The molecule has 0 fully saturated rings. The largest absolute Gasteiger partial charge is 0.369 e. The lowest BCUT2D eigenvalue weighted by molar-refractivity contribution is -0.123. The summed E-state index contributed by atoms with van der Waals surface area (Å²) >= 11 is 0. The Morgan fingerprint density at radius 2 is 2.05 bits per heavy atom. The van der Waals surface area contributed by atoms with Crippen LogP contribution in [0.2, 0.25) is 0 Å².